The van der Waals surface area contributed by atoms with Gasteiger partial charge in [-0.3, -0.25) is 4.79 Å². The number of nitrogen functional groups attached to an aromatic ring is 1. The Bertz CT molecular complexity index is 390. The molecule has 17 heavy (non-hydrogen) atoms. The molecule has 5 heteroatoms. The van der Waals surface area contributed by atoms with Crippen molar-refractivity contribution in [3.05, 3.63) is 29.6 Å². The Labute approximate surface area is 99.8 Å². The van der Waals surface area contributed by atoms with Crippen LogP contribution in [0.4, 0.5) is 10.1 Å². The average Bonchev–Trinajstić information content (AvgIpc) is 2.28. The highest BCUT2D eigenvalue weighted by molar-refractivity contribution is 5.94. The number of aliphatic hydroxyl groups excluding tert-OH is 1. The molecule has 0 aliphatic carbocycles. The van der Waals surface area contributed by atoms with Crippen LogP contribution in [0.3, 0.4) is 0 Å². The first kappa shape index (κ1) is 13.4. The Hall–Kier alpha value is -1.62. The Morgan fingerprint density at radius 2 is 2.18 bits per heavy atom. The second-order valence-electron chi connectivity index (χ2n) is 3.76. The number of carbonyl (C=O) groups excluding carboxylic acids is 1. The summed E-state index contributed by atoms with van der Waals surface area (Å²) in [6.45, 7) is 2.47. The fourth-order valence-corrected chi connectivity index (χ4v) is 1.58. The fraction of sp³-hybridized carbons (Fsp3) is 0.417. The largest absolute Gasteiger partial charge is 0.399 e. The van der Waals surface area contributed by atoms with Gasteiger partial charge in [0.25, 0.3) is 5.91 Å². The van der Waals surface area contributed by atoms with Crippen molar-refractivity contribution in [2.24, 2.45) is 0 Å². The normalized spacial score (nSPS) is 10.3. The highest BCUT2D eigenvalue weighted by Crippen LogP contribution is 2.14. The molecule has 0 unspecified atom stereocenters. The molecule has 0 heterocycles. The summed E-state index contributed by atoms with van der Waals surface area (Å²) in [5.41, 5.74) is 5.68. The van der Waals surface area contributed by atoms with E-state index in [1.54, 1.807) is 0 Å². The second kappa shape index (κ2) is 6.20. The van der Waals surface area contributed by atoms with E-state index < -0.39 is 11.7 Å². The summed E-state index contributed by atoms with van der Waals surface area (Å²) in [4.78, 5) is 13.4. The summed E-state index contributed by atoms with van der Waals surface area (Å²) in [5.74, 6) is -1.05. The Kier molecular flexibility index (Phi) is 4.90. The summed E-state index contributed by atoms with van der Waals surface area (Å²) < 4.78 is 13.6. The molecular formula is C12H17FN2O2. The summed E-state index contributed by atoms with van der Waals surface area (Å²) in [6.07, 6.45) is 0.752. The van der Waals surface area contributed by atoms with Crippen LogP contribution in [0.25, 0.3) is 0 Å². The summed E-state index contributed by atoms with van der Waals surface area (Å²) in [6, 6.07) is 3.97. The third-order valence-electron chi connectivity index (χ3n) is 2.37. The van der Waals surface area contributed by atoms with Crippen molar-refractivity contribution in [3.63, 3.8) is 0 Å². The summed E-state index contributed by atoms with van der Waals surface area (Å²) in [7, 11) is 0. The molecule has 1 rings (SSSR count). The number of aliphatic hydroxyl groups is 1. The van der Waals surface area contributed by atoms with E-state index >= 15 is 0 Å². The number of anilines is 1. The van der Waals surface area contributed by atoms with Gasteiger partial charge in [-0.15, -0.1) is 0 Å². The lowest BCUT2D eigenvalue weighted by atomic mass is 10.1. The zero-order valence-electron chi connectivity index (χ0n) is 9.82. The summed E-state index contributed by atoms with van der Waals surface area (Å²) >= 11 is 0. The Balaban J connectivity index is 2.92. The van der Waals surface area contributed by atoms with Crippen LogP contribution in [0.1, 0.15) is 23.7 Å². The molecule has 0 saturated carbocycles. The van der Waals surface area contributed by atoms with Crippen molar-refractivity contribution < 1.29 is 14.3 Å². The van der Waals surface area contributed by atoms with Gasteiger partial charge in [0.2, 0.25) is 0 Å². The Morgan fingerprint density at radius 1 is 1.47 bits per heavy atom. The third kappa shape index (κ3) is 3.42. The molecule has 0 saturated heterocycles. The van der Waals surface area contributed by atoms with Crippen LogP contribution in [-0.4, -0.2) is 35.6 Å². The van der Waals surface area contributed by atoms with Gasteiger partial charge in [-0.05, 0) is 24.6 Å². The highest BCUT2D eigenvalue weighted by Gasteiger charge is 2.18. The lowest BCUT2D eigenvalue weighted by Crippen LogP contribution is -2.34. The van der Waals surface area contributed by atoms with Gasteiger partial charge in [-0.2, -0.15) is 0 Å². The first-order valence-electron chi connectivity index (χ1n) is 5.55. The maximum absolute atomic E-state index is 13.6. The van der Waals surface area contributed by atoms with Crippen LogP contribution < -0.4 is 5.73 Å². The van der Waals surface area contributed by atoms with Gasteiger partial charge in [0.05, 0.1) is 12.2 Å². The second-order valence-corrected chi connectivity index (χ2v) is 3.76. The van der Waals surface area contributed by atoms with Gasteiger partial charge in [-0.1, -0.05) is 6.92 Å². The minimum Gasteiger partial charge on any atom is -0.399 e. The fourth-order valence-electron chi connectivity index (χ4n) is 1.58. The molecule has 0 aliphatic rings. The Morgan fingerprint density at radius 3 is 2.71 bits per heavy atom. The van der Waals surface area contributed by atoms with Gasteiger partial charge >= 0.3 is 0 Å². The van der Waals surface area contributed by atoms with Crippen LogP contribution in [0.15, 0.2) is 18.2 Å². The van der Waals surface area contributed by atoms with Crippen LogP contribution in [0.5, 0.6) is 0 Å². The molecule has 1 amide bonds. The van der Waals surface area contributed by atoms with E-state index in [0.717, 1.165) is 12.5 Å². The lowest BCUT2D eigenvalue weighted by Gasteiger charge is -2.21. The number of hydrogen-bond acceptors (Lipinski definition) is 3. The predicted octanol–water partition coefficient (Wildman–Crippen LogP) is 1.25. The van der Waals surface area contributed by atoms with Gasteiger partial charge in [0, 0.05) is 18.8 Å². The van der Waals surface area contributed by atoms with Crippen LogP contribution in [0, 0.1) is 5.82 Å². The van der Waals surface area contributed by atoms with Crippen molar-refractivity contribution >= 4 is 11.6 Å². The zero-order valence-corrected chi connectivity index (χ0v) is 9.82. The number of rotatable bonds is 5. The predicted molar refractivity (Wildman–Crippen MR) is 64.1 cm³/mol. The third-order valence-corrected chi connectivity index (χ3v) is 2.37. The smallest absolute Gasteiger partial charge is 0.256 e. The van der Waals surface area contributed by atoms with Crippen molar-refractivity contribution in [1.29, 1.82) is 0 Å². The number of carbonyl (C=O) groups is 1. The minimum atomic E-state index is -0.631. The maximum Gasteiger partial charge on any atom is 0.256 e. The molecule has 4 nitrogen and oxygen atoms in total. The number of halogens is 1. The highest BCUT2D eigenvalue weighted by atomic mass is 19.1. The standard InChI is InChI=1S/C12H17FN2O2/c1-2-5-15(6-7-16)12(17)10-4-3-9(14)8-11(10)13/h3-4,8,16H,2,5-7,14H2,1H3. The molecule has 94 valence electrons. The van der Waals surface area contributed by atoms with Gasteiger partial charge in [0.15, 0.2) is 0 Å². The van der Waals surface area contributed by atoms with Crippen LogP contribution >= 0.6 is 0 Å². The zero-order chi connectivity index (χ0) is 12.8. The monoisotopic (exact) mass is 240 g/mol. The lowest BCUT2D eigenvalue weighted by molar-refractivity contribution is 0.0717. The average molecular weight is 240 g/mol. The molecule has 3 N–H and O–H groups in total. The number of amides is 1. The van der Waals surface area contributed by atoms with E-state index in [1.807, 2.05) is 6.92 Å². The van der Waals surface area contributed by atoms with Crippen molar-refractivity contribution in [3.8, 4) is 0 Å². The number of benzene rings is 1. The van der Waals surface area contributed by atoms with E-state index in [9.17, 15) is 9.18 Å². The van der Waals surface area contributed by atoms with Crippen LogP contribution in [-0.2, 0) is 0 Å². The molecule has 0 atom stereocenters. The molecular weight excluding hydrogens is 223 g/mol. The molecule has 0 fully saturated rings. The maximum atomic E-state index is 13.6. The molecule has 0 bridgehead atoms. The number of nitrogens with zero attached hydrogens (tertiary/aromatic N) is 1. The molecule has 1 aromatic carbocycles. The summed E-state index contributed by atoms with van der Waals surface area (Å²) in [5, 5.41) is 8.86. The van der Waals surface area contributed by atoms with E-state index in [2.05, 4.69) is 0 Å². The van der Waals surface area contributed by atoms with E-state index in [1.165, 1.54) is 17.0 Å². The first-order chi connectivity index (χ1) is 8.10. The number of hydrogen-bond donors (Lipinski definition) is 2. The van der Waals surface area contributed by atoms with Gasteiger partial charge in [0.1, 0.15) is 5.82 Å². The molecule has 0 radical (unpaired) electrons. The van der Waals surface area contributed by atoms with Gasteiger partial charge in [-0.25, -0.2) is 4.39 Å². The van der Waals surface area contributed by atoms with Gasteiger partial charge < -0.3 is 15.7 Å². The van der Waals surface area contributed by atoms with Crippen molar-refractivity contribution in [2.45, 2.75) is 13.3 Å². The molecule has 0 aromatic heterocycles. The topological polar surface area (TPSA) is 66.6 Å². The van der Waals surface area contributed by atoms with Crippen molar-refractivity contribution in [1.82, 2.24) is 4.90 Å². The molecule has 0 aliphatic heterocycles. The van der Waals surface area contributed by atoms with E-state index in [4.69, 9.17) is 10.8 Å². The first-order valence-corrected chi connectivity index (χ1v) is 5.55. The molecule has 0 spiro atoms. The van der Waals surface area contributed by atoms with Crippen molar-refractivity contribution in [2.75, 3.05) is 25.4 Å². The quantitative estimate of drug-likeness (QED) is 0.761. The molecule has 1 aromatic rings. The van der Waals surface area contributed by atoms with E-state index in [-0.39, 0.29) is 24.4 Å². The van der Waals surface area contributed by atoms with E-state index in [0.29, 0.717) is 6.54 Å². The SMILES string of the molecule is CCCN(CCO)C(=O)c1ccc(N)cc1F. The minimum absolute atomic E-state index is 0.0129. The van der Waals surface area contributed by atoms with Crippen LogP contribution in [0.2, 0.25) is 0 Å². The number of nitrogens with two attached hydrogens (primary N) is 1.